The summed E-state index contributed by atoms with van der Waals surface area (Å²) in [6, 6.07) is 4.35. The third-order valence-corrected chi connectivity index (χ3v) is 3.94. The molecular weight excluding hydrogens is 240 g/mol. The van der Waals surface area contributed by atoms with E-state index in [0.29, 0.717) is 6.04 Å². The number of Topliss-reactive ketones (excluding diaryl/α,β-unsaturated/α-hetero) is 1. The third kappa shape index (κ3) is 2.59. The van der Waals surface area contributed by atoms with Crippen LogP contribution in [-0.2, 0) is 4.74 Å². The Labute approximate surface area is 113 Å². The maximum Gasteiger partial charge on any atom is 0.208 e. The summed E-state index contributed by atoms with van der Waals surface area (Å²) in [5.41, 5.74) is 1.61. The molecule has 3 heterocycles. The second-order valence-electron chi connectivity index (χ2n) is 5.23. The molecule has 0 amide bonds. The summed E-state index contributed by atoms with van der Waals surface area (Å²) in [4.78, 5) is 12.5. The van der Waals surface area contributed by atoms with E-state index in [0.717, 1.165) is 56.6 Å². The number of ether oxygens (including phenoxy) is 1. The third-order valence-electron chi connectivity index (χ3n) is 3.94. The van der Waals surface area contributed by atoms with Crippen molar-refractivity contribution in [2.24, 2.45) is 0 Å². The van der Waals surface area contributed by atoms with Gasteiger partial charge in [0.1, 0.15) is 0 Å². The molecule has 1 aromatic heterocycles. The molecule has 2 aliphatic heterocycles. The van der Waals surface area contributed by atoms with Gasteiger partial charge in [-0.3, -0.25) is 4.79 Å². The molecule has 1 N–H and O–H groups in total. The smallest absolute Gasteiger partial charge is 0.208 e. The molecule has 0 bridgehead atoms. The van der Waals surface area contributed by atoms with Crippen LogP contribution in [0.2, 0.25) is 0 Å². The van der Waals surface area contributed by atoms with Crippen LogP contribution in [0.4, 0.5) is 0 Å². The molecule has 2 aliphatic rings. The molecule has 19 heavy (non-hydrogen) atoms. The summed E-state index contributed by atoms with van der Waals surface area (Å²) in [5.74, 6) is 0.128. The Kier molecular flexibility index (Phi) is 3.69. The second kappa shape index (κ2) is 5.61. The first-order valence-electron chi connectivity index (χ1n) is 7.09. The molecule has 4 nitrogen and oxygen atoms in total. The molecule has 0 aromatic carbocycles. The van der Waals surface area contributed by atoms with E-state index in [-0.39, 0.29) is 5.78 Å². The lowest BCUT2D eigenvalue weighted by Gasteiger charge is -2.26. The van der Waals surface area contributed by atoms with Crippen LogP contribution in [0.15, 0.2) is 30.2 Å². The summed E-state index contributed by atoms with van der Waals surface area (Å²) in [5, 5.41) is 3.36. The van der Waals surface area contributed by atoms with E-state index in [9.17, 15) is 4.79 Å². The van der Waals surface area contributed by atoms with Gasteiger partial charge >= 0.3 is 0 Å². The maximum atomic E-state index is 12.5. The van der Waals surface area contributed by atoms with Crippen molar-refractivity contribution in [1.82, 2.24) is 9.88 Å². The first kappa shape index (κ1) is 12.5. The highest BCUT2D eigenvalue weighted by molar-refractivity contribution is 6.07. The summed E-state index contributed by atoms with van der Waals surface area (Å²) in [7, 11) is 0. The number of carbonyl (C=O) groups is 1. The van der Waals surface area contributed by atoms with E-state index < -0.39 is 0 Å². The number of allylic oxidation sites excluding steroid dienone is 1. The average Bonchev–Trinajstić information content (AvgIpc) is 2.98. The van der Waals surface area contributed by atoms with E-state index in [1.54, 1.807) is 6.26 Å². The number of rotatable bonds is 3. The average molecular weight is 260 g/mol. The number of hydrogen-bond acceptors (Lipinski definition) is 3. The van der Waals surface area contributed by atoms with Crippen molar-refractivity contribution >= 4 is 5.78 Å². The lowest BCUT2D eigenvalue weighted by molar-refractivity contribution is 0.0998. The van der Waals surface area contributed by atoms with Crippen molar-refractivity contribution in [1.29, 1.82) is 0 Å². The topological polar surface area (TPSA) is 43.3 Å². The van der Waals surface area contributed by atoms with E-state index in [1.807, 2.05) is 18.3 Å². The molecule has 3 rings (SSSR count). The molecule has 0 saturated carbocycles. The van der Waals surface area contributed by atoms with Gasteiger partial charge in [-0.05, 0) is 50.9 Å². The van der Waals surface area contributed by atoms with Crippen LogP contribution >= 0.6 is 0 Å². The van der Waals surface area contributed by atoms with Crippen molar-refractivity contribution in [3.8, 4) is 0 Å². The molecule has 0 spiro atoms. The molecule has 0 aliphatic carbocycles. The number of carbonyl (C=O) groups excluding carboxylic acids is 1. The fraction of sp³-hybridized carbons (Fsp3) is 0.533. The Morgan fingerprint density at radius 2 is 2.21 bits per heavy atom. The molecule has 1 aromatic rings. The minimum absolute atomic E-state index is 0.128. The number of hydrogen-bond donors (Lipinski definition) is 1. The van der Waals surface area contributed by atoms with Crippen molar-refractivity contribution < 1.29 is 9.53 Å². The van der Waals surface area contributed by atoms with E-state index in [4.69, 9.17) is 4.74 Å². The van der Waals surface area contributed by atoms with Gasteiger partial charge in [-0.15, -0.1) is 0 Å². The highest BCUT2D eigenvalue weighted by Crippen LogP contribution is 2.24. The van der Waals surface area contributed by atoms with Crippen LogP contribution in [0.1, 0.15) is 42.2 Å². The fourth-order valence-electron chi connectivity index (χ4n) is 2.89. The number of piperidine rings is 1. The molecular formula is C15H20N2O2. The van der Waals surface area contributed by atoms with Crippen LogP contribution in [0.3, 0.4) is 0 Å². The molecule has 1 fully saturated rings. The van der Waals surface area contributed by atoms with Crippen molar-refractivity contribution in [3.05, 3.63) is 35.9 Å². The zero-order chi connectivity index (χ0) is 13.1. The van der Waals surface area contributed by atoms with E-state index in [2.05, 4.69) is 9.88 Å². The van der Waals surface area contributed by atoms with E-state index in [1.165, 1.54) is 0 Å². The van der Waals surface area contributed by atoms with Crippen molar-refractivity contribution in [2.75, 3.05) is 19.7 Å². The van der Waals surface area contributed by atoms with Crippen molar-refractivity contribution in [2.45, 2.75) is 31.7 Å². The van der Waals surface area contributed by atoms with Crippen LogP contribution in [0, 0.1) is 0 Å². The number of nitrogens with one attached hydrogen (secondary N) is 1. The van der Waals surface area contributed by atoms with Gasteiger partial charge in [0.05, 0.1) is 18.6 Å². The molecule has 4 heteroatoms. The Balaban J connectivity index is 1.82. The Hall–Kier alpha value is -1.55. The van der Waals surface area contributed by atoms with Gasteiger partial charge < -0.3 is 14.6 Å². The van der Waals surface area contributed by atoms with E-state index >= 15 is 0 Å². The van der Waals surface area contributed by atoms with Gasteiger partial charge in [-0.1, -0.05) is 0 Å². The first-order valence-corrected chi connectivity index (χ1v) is 7.09. The minimum Gasteiger partial charge on any atom is -0.501 e. The predicted octanol–water partition coefficient (Wildman–Crippen LogP) is 2.29. The van der Waals surface area contributed by atoms with Gasteiger partial charge in [0.15, 0.2) is 0 Å². The summed E-state index contributed by atoms with van der Waals surface area (Å²) in [6.07, 6.45) is 7.62. The molecule has 102 valence electrons. The van der Waals surface area contributed by atoms with Crippen molar-refractivity contribution in [3.63, 3.8) is 0 Å². The second-order valence-corrected chi connectivity index (χ2v) is 5.23. The minimum atomic E-state index is 0.128. The lowest BCUT2D eigenvalue weighted by Crippen LogP contribution is -2.30. The van der Waals surface area contributed by atoms with Gasteiger partial charge in [0.2, 0.25) is 5.78 Å². The fourth-order valence-corrected chi connectivity index (χ4v) is 2.89. The van der Waals surface area contributed by atoms with Gasteiger partial charge in [0, 0.05) is 17.8 Å². The van der Waals surface area contributed by atoms with Crippen LogP contribution in [0.25, 0.3) is 0 Å². The first-order chi connectivity index (χ1) is 9.36. The Morgan fingerprint density at radius 1 is 1.37 bits per heavy atom. The van der Waals surface area contributed by atoms with Gasteiger partial charge in [-0.25, -0.2) is 0 Å². The highest BCUT2D eigenvalue weighted by atomic mass is 16.5. The number of aromatic nitrogens is 1. The lowest BCUT2D eigenvalue weighted by atomic mass is 10.0. The standard InChI is InChI=1S/C15H20N2O2/c18-15(12-3-2-10-19-11-12)14-4-1-9-17(14)13-5-7-16-8-6-13/h1,4,9,11,13,16H,2-3,5-8,10H2. The quantitative estimate of drug-likeness (QED) is 0.848. The van der Waals surface area contributed by atoms with Gasteiger partial charge in [0.25, 0.3) is 0 Å². The van der Waals surface area contributed by atoms with Crippen LogP contribution in [-0.4, -0.2) is 30.0 Å². The molecule has 0 radical (unpaired) electrons. The molecule has 0 atom stereocenters. The number of ketones is 1. The summed E-state index contributed by atoms with van der Waals surface area (Å²) < 4.78 is 7.44. The number of nitrogens with zero attached hydrogens (tertiary/aromatic N) is 1. The SMILES string of the molecule is O=C(C1=COCCC1)c1cccn1C1CCNCC1. The summed E-state index contributed by atoms with van der Waals surface area (Å²) in [6.45, 7) is 2.79. The highest BCUT2D eigenvalue weighted by Gasteiger charge is 2.22. The zero-order valence-electron chi connectivity index (χ0n) is 11.1. The monoisotopic (exact) mass is 260 g/mol. The predicted molar refractivity (Wildman–Crippen MR) is 73.2 cm³/mol. The Morgan fingerprint density at radius 3 is 2.95 bits per heavy atom. The largest absolute Gasteiger partial charge is 0.501 e. The zero-order valence-corrected chi connectivity index (χ0v) is 11.1. The van der Waals surface area contributed by atoms with Crippen LogP contribution in [0.5, 0.6) is 0 Å². The molecule has 0 unspecified atom stereocenters. The molecule has 1 saturated heterocycles. The normalized spacial score (nSPS) is 20.7. The summed E-state index contributed by atoms with van der Waals surface area (Å²) >= 11 is 0. The van der Waals surface area contributed by atoms with Gasteiger partial charge in [-0.2, -0.15) is 0 Å². The van der Waals surface area contributed by atoms with Crippen LogP contribution < -0.4 is 5.32 Å². The Bertz CT molecular complexity index is 484. The maximum absolute atomic E-state index is 12.5.